The SMILES string of the molecule is CCc1nsc(NCCc2ccc(-c3csc(C)n3)cc2)n1. The summed E-state index contributed by atoms with van der Waals surface area (Å²) in [6.45, 7) is 4.97. The molecule has 0 radical (unpaired) electrons. The Morgan fingerprint density at radius 3 is 2.59 bits per heavy atom. The van der Waals surface area contributed by atoms with Gasteiger partial charge in [0.25, 0.3) is 0 Å². The molecule has 0 saturated carbocycles. The number of nitrogens with zero attached hydrogens (tertiary/aromatic N) is 3. The van der Waals surface area contributed by atoms with Gasteiger partial charge in [0, 0.05) is 35.4 Å². The number of hydrogen-bond donors (Lipinski definition) is 1. The summed E-state index contributed by atoms with van der Waals surface area (Å²) >= 11 is 3.12. The van der Waals surface area contributed by atoms with E-state index >= 15 is 0 Å². The number of nitrogens with one attached hydrogen (secondary N) is 1. The molecule has 114 valence electrons. The van der Waals surface area contributed by atoms with Crippen LogP contribution in [0.15, 0.2) is 29.6 Å². The number of rotatable bonds is 6. The maximum absolute atomic E-state index is 4.52. The Hall–Kier alpha value is -1.79. The predicted octanol–water partition coefficient (Wildman–Crippen LogP) is 4.19. The molecule has 6 heteroatoms. The van der Waals surface area contributed by atoms with E-state index in [9.17, 15) is 0 Å². The lowest BCUT2D eigenvalue weighted by molar-refractivity contribution is 0.978. The fraction of sp³-hybridized carbons (Fsp3) is 0.312. The molecule has 0 aliphatic rings. The van der Waals surface area contributed by atoms with Gasteiger partial charge in [-0.2, -0.15) is 4.37 Å². The summed E-state index contributed by atoms with van der Waals surface area (Å²) in [5, 5.41) is 7.45. The molecule has 3 rings (SSSR count). The van der Waals surface area contributed by atoms with Crippen LogP contribution in [0, 0.1) is 6.92 Å². The van der Waals surface area contributed by atoms with Gasteiger partial charge in [0.15, 0.2) is 0 Å². The van der Waals surface area contributed by atoms with Gasteiger partial charge in [0.1, 0.15) is 5.82 Å². The second-order valence-corrected chi connectivity index (χ2v) is 6.81. The van der Waals surface area contributed by atoms with E-state index in [1.807, 2.05) is 6.92 Å². The zero-order valence-electron chi connectivity index (χ0n) is 12.7. The van der Waals surface area contributed by atoms with E-state index in [1.165, 1.54) is 22.7 Å². The van der Waals surface area contributed by atoms with Gasteiger partial charge in [-0.3, -0.25) is 0 Å². The van der Waals surface area contributed by atoms with Crippen LogP contribution in [0.4, 0.5) is 5.13 Å². The van der Waals surface area contributed by atoms with Gasteiger partial charge in [-0.1, -0.05) is 31.2 Å². The van der Waals surface area contributed by atoms with E-state index in [2.05, 4.69) is 56.2 Å². The first-order valence-corrected chi connectivity index (χ1v) is 8.98. The van der Waals surface area contributed by atoms with Gasteiger partial charge in [-0.05, 0) is 18.9 Å². The second kappa shape index (κ2) is 6.98. The van der Waals surface area contributed by atoms with Crippen molar-refractivity contribution in [2.75, 3.05) is 11.9 Å². The van der Waals surface area contributed by atoms with Crippen molar-refractivity contribution in [1.29, 1.82) is 0 Å². The van der Waals surface area contributed by atoms with Gasteiger partial charge in [-0.15, -0.1) is 11.3 Å². The summed E-state index contributed by atoms with van der Waals surface area (Å²) in [7, 11) is 0. The summed E-state index contributed by atoms with van der Waals surface area (Å²) in [6, 6.07) is 8.63. The minimum Gasteiger partial charge on any atom is -0.360 e. The molecule has 1 N–H and O–H groups in total. The number of benzene rings is 1. The summed E-state index contributed by atoms with van der Waals surface area (Å²) < 4.78 is 4.27. The van der Waals surface area contributed by atoms with Crippen molar-refractivity contribution >= 4 is 28.0 Å². The van der Waals surface area contributed by atoms with Crippen molar-refractivity contribution in [3.05, 3.63) is 46.0 Å². The van der Waals surface area contributed by atoms with E-state index in [0.29, 0.717) is 0 Å². The van der Waals surface area contributed by atoms with Crippen molar-refractivity contribution in [3.8, 4) is 11.3 Å². The fourth-order valence-corrected chi connectivity index (χ4v) is 3.42. The van der Waals surface area contributed by atoms with Gasteiger partial charge in [-0.25, -0.2) is 9.97 Å². The Bertz CT molecular complexity index is 731. The maximum atomic E-state index is 4.52. The molecule has 0 aliphatic carbocycles. The highest BCUT2D eigenvalue weighted by atomic mass is 32.1. The van der Waals surface area contributed by atoms with E-state index < -0.39 is 0 Å². The highest BCUT2D eigenvalue weighted by molar-refractivity contribution is 7.10. The molecule has 0 amide bonds. The van der Waals surface area contributed by atoms with Crippen LogP contribution in [0.5, 0.6) is 0 Å². The molecule has 0 fully saturated rings. The molecular weight excluding hydrogens is 312 g/mol. The summed E-state index contributed by atoms with van der Waals surface area (Å²) in [4.78, 5) is 8.92. The maximum Gasteiger partial charge on any atom is 0.202 e. The zero-order chi connectivity index (χ0) is 15.4. The molecule has 4 nitrogen and oxygen atoms in total. The molecule has 0 unspecified atom stereocenters. The number of aromatic nitrogens is 3. The third-order valence-corrected chi connectivity index (χ3v) is 4.83. The third kappa shape index (κ3) is 3.69. The number of anilines is 1. The smallest absolute Gasteiger partial charge is 0.202 e. The molecule has 3 aromatic rings. The fourth-order valence-electron chi connectivity index (χ4n) is 2.12. The lowest BCUT2D eigenvalue weighted by Gasteiger charge is -2.04. The minimum atomic E-state index is 0.869. The third-order valence-electron chi connectivity index (χ3n) is 3.34. The van der Waals surface area contributed by atoms with Crippen LogP contribution in [0.1, 0.15) is 23.3 Å². The molecule has 0 atom stereocenters. The molecule has 0 saturated heterocycles. The van der Waals surface area contributed by atoms with Gasteiger partial charge in [0.2, 0.25) is 5.13 Å². The van der Waals surface area contributed by atoms with Crippen LogP contribution < -0.4 is 5.32 Å². The first-order valence-electron chi connectivity index (χ1n) is 7.32. The molecule has 0 bridgehead atoms. The first-order chi connectivity index (χ1) is 10.7. The lowest BCUT2D eigenvalue weighted by atomic mass is 10.1. The van der Waals surface area contributed by atoms with Crippen LogP contribution >= 0.6 is 22.9 Å². The Kier molecular flexibility index (Phi) is 4.80. The van der Waals surface area contributed by atoms with Crippen molar-refractivity contribution in [3.63, 3.8) is 0 Å². The van der Waals surface area contributed by atoms with E-state index in [-0.39, 0.29) is 0 Å². The Labute approximate surface area is 138 Å². The predicted molar refractivity (Wildman–Crippen MR) is 93.8 cm³/mol. The van der Waals surface area contributed by atoms with Gasteiger partial charge < -0.3 is 5.32 Å². The quantitative estimate of drug-likeness (QED) is 0.736. The Balaban J connectivity index is 1.55. The van der Waals surface area contributed by atoms with Crippen LogP contribution in [0.2, 0.25) is 0 Å². The average molecular weight is 330 g/mol. The highest BCUT2D eigenvalue weighted by Crippen LogP contribution is 2.22. The van der Waals surface area contributed by atoms with Crippen molar-refractivity contribution in [2.24, 2.45) is 0 Å². The highest BCUT2D eigenvalue weighted by Gasteiger charge is 2.03. The normalized spacial score (nSPS) is 10.8. The lowest BCUT2D eigenvalue weighted by Crippen LogP contribution is -2.04. The molecule has 2 aromatic heterocycles. The number of thiazole rings is 1. The zero-order valence-corrected chi connectivity index (χ0v) is 14.3. The summed E-state index contributed by atoms with van der Waals surface area (Å²) in [5.41, 5.74) is 3.55. The molecule has 22 heavy (non-hydrogen) atoms. The number of aryl methyl sites for hydroxylation is 2. The van der Waals surface area contributed by atoms with Crippen LogP contribution in [0.25, 0.3) is 11.3 Å². The van der Waals surface area contributed by atoms with Crippen LogP contribution in [0.3, 0.4) is 0 Å². The van der Waals surface area contributed by atoms with Crippen molar-refractivity contribution in [1.82, 2.24) is 14.3 Å². The van der Waals surface area contributed by atoms with Crippen LogP contribution in [-0.4, -0.2) is 20.9 Å². The molecule has 0 spiro atoms. The summed E-state index contributed by atoms with van der Waals surface area (Å²) in [5.74, 6) is 0.912. The number of hydrogen-bond acceptors (Lipinski definition) is 6. The molecule has 2 heterocycles. The Morgan fingerprint density at radius 1 is 1.14 bits per heavy atom. The minimum absolute atomic E-state index is 0.869. The van der Waals surface area contributed by atoms with Gasteiger partial charge in [0.05, 0.1) is 10.7 Å². The van der Waals surface area contributed by atoms with E-state index in [0.717, 1.165) is 41.0 Å². The second-order valence-electron chi connectivity index (χ2n) is 4.99. The molecule has 1 aromatic carbocycles. The standard InChI is InChI=1S/C16H18N4S2/c1-3-15-19-16(22-20-15)17-9-8-12-4-6-13(7-5-12)14-10-21-11(2)18-14/h4-7,10H,3,8-9H2,1-2H3,(H,17,19,20). The largest absolute Gasteiger partial charge is 0.360 e. The van der Waals surface area contributed by atoms with Crippen molar-refractivity contribution in [2.45, 2.75) is 26.7 Å². The van der Waals surface area contributed by atoms with E-state index in [4.69, 9.17) is 0 Å². The molecule has 0 aliphatic heterocycles. The van der Waals surface area contributed by atoms with Crippen molar-refractivity contribution < 1.29 is 0 Å². The van der Waals surface area contributed by atoms with Gasteiger partial charge >= 0.3 is 0 Å². The topological polar surface area (TPSA) is 50.7 Å². The van der Waals surface area contributed by atoms with Crippen LogP contribution in [-0.2, 0) is 12.8 Å². The summed E-state index contributed by atoms with van der Waals surface area (Å²) in [6.07, 6.45) is 1.85. The monoisotopic (exact) mass is 330 g/mol. The molecular formula is C16H18N4S2. The first kappa shape index (κ1) is 15.1. The Morgan fingerprint density at radius 2 is 1.95 bits per heavy atom. The van der Waals surface area contributed by atoms with E-state index in [1.54, 1.807) is 11.3 Å². The average Bonchev–Trinajstić information content (AvgIpc) is 3.17.